The van der Waals surface area contributed by atoms with Crippen LogP contribution >= 0.6 is 0 Å². The van der Waals surface area contributed by atoms with E-state index in [4.69, 9.17) is 0 Å². The van der Waals surface area contributed by atoms with Gasteiger partial charge in [0.1, 0.15) is 0 Å². The van der Waals surface area contributed by atoms with Crippen molar-refractivity contribution in [2.75, 3.05) is 0 Å². The lowest BCUT2D eigenvalue weighted by atomic mass is 9.43. The Hall–Kier alpha value is -0.810. The highest BCUT2D eigenvalue weighted by atomic mass is 16.3. The summed E-state index contributed by atoms with van der Waals surface area (Å²) in [6.07, 6.45) is 17.5. The summed E-state index contributed by atoms with van der Waals surface area (Å²) in [5.41, 5.74) is 2.53. The summed E-state index contributed by atoms with van der Waals surface area (Å²) in [4.78, 5) is 0. The van der Waals surface area contributed by atoms with Gasteiger partial charge in [-0.1, -0.05) is 12.5 Å². The van der Waals surface area contributed by atoms with Crippen molar-refractivity contribution in [1.82, 2.24) is 0 Å². The standard InChI is InChI=1S/C24H35NO/c1-23-12-8-18(26)15-17(23)4-5-19-21(23)9-13-24-11-2-3-16(10-14-25)20(24)6-7-22(19)24/h10,17-22,26H,2-9,11-13,15H2,1H3/b16-10+/t17-,18+,19+,20+,21-,22-,23-,24-/m0/s1. The quantitative estimate of drug-likeness (QED) is 0.574. The fourth-order valence-corrected chi connectivity index (χ4v) is 9.14. The van der Waals surface area contributed by atoms with Gasteiger partial charge in [0, 0.05) is 6.08 Å². The van der Waals surface area contributed by atoms with Crippen LogP contribution in [0.1, 0.15) is 84.0 Å². The van der Waals surface area contributed by atoms with Gasteiger partial charge in [-0.05, 0) is 117 Å². The SMILES string of the molecule is C[C@]12CC[C@@H](O)C[C@@H]1CC[C@@H]1[C@@H]2CC[C@@]23CCC/C(=C\C#N)[C@H]2CC[C@@H]13. The first-order chi connectivity index (χ1) is 12.6. The van der Waals surface area contributed by atoms with E-state index in [1.807, 2.05) is 6.08 Å². The number of rotatable bonds is 0. The van der Waals surface area contributed by atoms with Crippen LogP contribution in [0.3, 0.4) is 0 Å². The third kappa shape index (κ3) is 2.25. The van der Waals surface area contributed by atoms with E-state index < -0.39 is 0 Å². The minimum Gasteiger partial charge on any atom is -0.393 e. The number of aliphatic hydroxyl groups is 1. The summed E-state index contributed by atoms with van der Waals surface area (Å²) < 4.78 is 0. The van der Waals surface area contributed by atoms with E-state index in [0.717, 1.165) is 42.4 Å². The van der Waals surface area contributed by atoms with Crippen molar-refractivity contribution in [1.29, 1.82) is 5.26 Å². The van der Waals surface area contributed by atoms with Gasteiger partial charge in [0.05, 0.1) is 12.2 Å². The first-order valence-corrected chi connectivity index (χ1v) is 11.3. The molecule has 1 spiro atoms. The fraction of sp³-hybridized carbons (Fsp3) is 0.875. The number of fused-ring (bicyclic) bond motifs is 4. The molecule has 0 unspecified atom stereocenters. The van der Waals surface area contributed by atoms with E-state index in [1.54, 1.807) is 0 Å². The molecule has 5 aliphatic carbocycles. The van der Waals surface area contributed by atoms with Gasteiger partial charge in [-0.2, -0.15) is 5.26 Å². The molecule has 1 N–H and O–H groups in total. The molecule has 0 bridgehead atoms. The van der Waals surface area contributed by atoms with Crippen molar-refractivity contribution >= 4 is 0 Å². The number of aliphatic hydroxyl groups excluding tert-OH is 1. The van der Waals surface area contributed by atoms with Crippen LogP contribution in [0, 0.1) is 51.8 Å². The van der Waals surface area contributed by atoms with Crippen LogP contribution in [0.2, 0.25) is 0 Å². The Morgan fingerprint density at radius 2 is 1.92 bits per heavy atom. The lowest BCUT2D eigenvalue weighted by molar-refractivity contribution is -0.132. The summed E-state index contributed by atoms with van der Waals surface area (Å²) >= 11 is 0. The topological polar surface area (TPSA) is 44.0 Å². The van der Waals surface area contributed by atoms with E-state index in [9.17, 15) is 10.4 Å². The predicted octanol–water partition coefficient (Wildman–Crippen LogP) is 5.62. The van der Waals surface area contributed by atoms with E-state index in [0.29, 0.717) is 10.8 Å². The summed E-state index contributed by atoms with van der Waals surface area (Å²) in [5, 5.41) is 19.5. The Labute approximate surface area is 159 Å². The number of nitrogens with zero attached hydrogens (tertiary/aromatic N) is 1. The van der Waals surface area contributed by atoms with Crippen molar-refractivity contribution in [2.45, 2.75) is 90.1 Å². The Morgan fingerprint density at radius 3 is 2.77 bits per heavy atom. The molecule has 0 aromatic rings. The van der Waals surface area contributed by atoms with Crippen LogP contribution in [0.5, 0.6) is 0 Å². The lowest BCUT2D eigenvalue weighted by Crippen LogP contribution is -2.55. The average Bonchev–Trinajstić information content (AvgIpc) is 3.03. The second-order valence-electron chi connectivity index (χ2n) is 10.7. The highest BCUT2D eigenvalue weighted by molar-refractivity contribution is 5.25. The minimum atomic E-state index is -0.0348. The van der Waals surface area contributed by atoms with Gasteiger partial charge in [-0.3, -0.25) is 0 Å². The fourth-order valence-electron chi connectivity index (χ4n) is 9.14. The van der Waals surface area contributed by atoms with Gasteiger partial charge >= 0.3 is 0 Å². The van der Waals surface area contributed by atoms with E-state index >= 15 is 0 Å². The second kappa shape index (κ2) is 6.10. The third-order valence-corrected chi connectivity index (χ3v) is 10.2. The highest BCUT2D eigenvalue weighted by Crippen LogP contribution is 2.70. The summed E-state index contributed by atoms with van der Waals surface area (Å²) in [7, 11) is 0. The van der Waals surface area contributed by atoms with Gasteiger partial charge in [-0.15, -0.1) is 0 Å². The molecule has 0 aromatic carbocycles. The Balaban J connectivity index is 1.45. The molecule has 8 atom stereocenters. The maximum absolute atomic E-state index is 10.2. The van der Waals surface area contributed by atoms with E-state index in [1.165, 1.54) is 69.8 Å². The number of nitriles is 1. The maximum Gasteiger partial charge on any atom is 0.0911 e. The monoisotopic (exact) mass is 353 g/mol. The Bertz CT molecular complexity index is 647. The zero-order chi connectivity index (χ0) is 17.9. The first-order valence-electron chi connectivity index (χ1n) is 11.3. The molecule has 0 amide bonds. The number of hydrogen-bond acceptors (Lipinski definition) is 2. The second-order valence-corrected chi connectivity index (χ2v) is 10.7. The van der Waals surface area contributed by atoms with Gasteiger partial charge in [0.15, 0.2) is 0 Å². The smallest absolute Gasteiger partial charge is 0.0911 e. The van der Waals surface area contributed by atoms with Crippen molar-refractivity contribution in [2.24, 2.45) is 40.4 Å². The normalized spacial score (nSPS) is 54.6. The molecule has 0 saturated heterocycles. The van der Waals surface area contributed by atoms with Gasteiger partial charge in [0.2, 0.25) is 0 Å². The molecular weight excluding hydrogens is 318 g/mol. The van der Waals surface area contributed by atoms with Crippen LogP contribution < -0.4 is 0 Å². The number of allylic oxidation sites excluding steroid dienone is 2. The Kier molecular flexibility index (Phi) is 4.06. The molecule has 0 heterocycles. The molecule has 0 aliphatic heterocycles. The van der Waals surface area contributed by atoms with Crippen molar-refractivity contribution in [3.63, 3.8) is 0 Å². The minimum absolute atomic E-state index is 0.0348. The summed E-state index contributed by atoms with van der Waals surface area (Å²) in [6.45, 7) is 2.59. The zero-order valence-corrected chi connectivity index (χ0v) is 16.4. The van der Waals surface area contributed by atoms with Gasteiger partial charge < -0.3 is 5.11 Å². The van der Waals surface area contributed by atoms with Crippen molar-refractivity contribution < 1.29 is 5.11 Å². The first kappa shape index (κ1) is 17.3. The molecule has 0 aromatic heterocycles. The zero-order valence-electron chi connectivity index (χ0n) is 16.4. The molecule has 2 nitrogen and oxygen atoms in total. The molecule has 142 valence electrons. The molecule has 5 rings (SSSR count). The molecule has 5 saturated carbocycles. The van der Waals surface area contributed by atoms with Crippen LogP contribution in [-0.4, -0.2) is 11.2 Å². The predicted molar refractivity (Wildman–Crippen MR) is 103 cm³/mol. The largest absolute Gasteiger partial charge is 0.393 e. The summed E-state index contributed by atoms with van der Waals surface area (Å²) in [5.74, 6) is 4.22. The van der Waals surface area contributed by atoms with Gasteiger partial charge in [-0.25, -0.2) is 0 Å². The van der Waals surface area contributed by atoms with Crippen molar-refractivity contribution in [3.05, 3.63) is 11.6 Å². The van der Waals surface area contributed by atoms with Crippen LogP contribution in [0.25, 0.3) is 0 Å². The van der Waals surface area contributed by atoms with Crippen LogP contribution in [0.15, 0.2) is 11.6 Å². The third-order valence-electron chi connectivity index (χ3n) is 10.2. The molecular formula is C24H35NO. The number of hydrogen-bond donors (Lipinski definition) is 1. The summed E-state index contributed by atoms with van der Waals surface area (Å²) in [6, 6.07) is 2.36. The molecule has 5 fully saturated rings. The molecule has 2 heteroatoms. The average molecular weight is 354 g/mol. The maximum atomic E-state index is 10.2. The molecule has 0 radical (unpaired) electrons. The van der Waals surface area contributed by atoms with Crippen molar-refractivity contribution in [3.8, 4) is 6.07 Å². The molecule has 5 aliphatic rings. The van der Waals surface area contributed by atoms with Crippen LogP contribution in [-0.2, 0) is 0 Å². The van der Waals surface area contributed by atoms with Crippen LogP contribution in [0.4, 0.5) is 0 Å². The molecule has 26 heavy (non-hydrogen) atoms. The Morgan fingerprint density at radius 1 is 1.04 bits per heavy atom. The van der Waals surface area contributed by atoms with E-state index in [-0.39, 0.29) is 6.10 Å². The van der Waals surface area contributed by atoms with Gasteiger partial charge in [0.25, 0.3) is 0 Å². The highest BCUT2D eigenvalue weighted by Gasteiger charge is 2.62. The lowest BCUT2D eigenvalue weighted by Gasteiger charge is -2.62. The van der Waals surface area contributed by atoms with E-state index in [2.05, 4.69) is 13.0 Å².